The fourth-order valence-corrected chi connectivity index (χ4v) is 1.38. The number of nitrogens with zero attached hydrogens (tertiary/aromatic N) is 1. The normalized spacial score (nSPS) is 9.31. The lowest BCUT2D eigenvalue weighted by molar-refractivity contribution is -0.117. The van der Waals surface area contributed by atoms with Gasteiger partial charge in [0.1, 0.15) is 11.5 Å². The van der Waals surface area contributed by atoms with E-state index in [0.29, 0.717) is 11.5 Å². The van der Waals surface area contributed by atoms with Crippen molar-refractivity contribution in [3.05, 3.63) is 23.8 Å². The van der Waals surface area contributed by atoms with Crippen LogP contribution in [0.2, 0.25) is 0 Å². The number of rotatable bonds is 5. The van der Waals surface area contributed by atoms with Gasteiger partial charge < -0.3 is 9.47 Å². The summed E-state index contributed by atoms with van der Waals surface area (Å²) in [5.41, 5.74) is 0.738. The van der Waals surface area contributed by atoms with E-state index < -0.39 is 0 Å². The number of nitriles is 1. The van der Waals surface area contributed by atoms with Crippen molar-refractivity contribution in [2.24, 2.45) is 0 Å². The van der Waals surface area contributed by atoms with Gasteiger partial charge in [-0.2, -0.15) is 5.26 Å². The van der Waals surface area contributed by atoms with Crippen LogP contribution in [0.4, 0.5) is 0 Å². The van der Waals surface area contributed by atoms with Crippen LogP contribution in [0.3, 0.4) is 0 Å². The lowest BCUT2D eigenvalue weighted by Crippen LogP contribution is -2.03. The van der Waals surface area contributed by atoms with Crippen molar-refractivity contribution >= 4 is 5.78 Å². The zero-order valence-corrected chi connectivity index (χ0v) is 9.32. The highest BCUT2D eigenvalue weighted by Gasteiger charge is 2.09. The molecule has 0 aliphatic carbocycles. The molecular weight excluding hydrogens is 206 g/mol. The molecule has 0 aliphatic rings. The summed E-state index contributed by atoms with van der Waals surface area (Å²) in [6, 6.07) is 7.08. The molecule has 0 amide bonds. The highest BCUT2D eigenvalue weighted by Crippen LogP contribution is 2.24. The minimum absolute atomic E-state index is 0.0830. The molecule has 0 bridgehead atoms. The van der Waals surface area contributed by atoms with Crippen molar-refractivity contribution in [3.8, 4) is 17.6 Å². The molecule has 0 aromatic heterocycles. The maximum absolute atomic E-state index is 11.4. The molecule has 0 heterocycles. The fraction of sp³-hybridized carbons (Fsp3) is 0.333. The molecular formula is C12H13NO3. The van der Waals surface area contributed by atoms with E-state index in [9.17, 15) is 4.79 Å². The Morgan fingerprint density at radius 2 is 2.12 bits per heavy atom. The van der Waals surface area contributed by atoms with Gasteiger partial charge >= 0.3 is 0 Å². The third-order valence-corrected chi connectivity index (χ3v) is 2.15. The van der Waals surface area contributed by atoms with Gasteiger partial charge in [0.15, 0.2) is 5.78 Å². The fourth-order valence-electron chi connectivity index (χ4n) is 1.38. The van der Waals surface area contributed by atoms with Gasteiger partial charge in [0.25, 0.3) is 0 Å². The molecule has 1 aromatic carbocycles. The second-order valence-electron chi connectivity index (χ2n) is 3.23. The van der Waals surface area contributed by atoms with Crippen LogP contribution in [0.5, 0.6) is 11.5 Å². The van der Waals surface area contributed by atoms with Crippen LogP contribution in [-0.2, 0) is 11.2 Å². The molecule has 0 spiro atoms. The first-order valence-corrected chi connectivity index (χ1v) is 4.80. The van der Waals surface area contributed by atoms with Crippen LogP contribution in [0.1, 0.15) is 12.0 Å². The van der Waals surface area contributed by atoms with Crippen LogP contribution >= 0.6 is 0 Å². The number of hydrogen-bond donors (Lipinski definition) is 0. The highest BCUT2D eigenvalue weighted by atomic mass is 16.5. The van der Waals surface area contributed by atoms with Gasteiger partial charge in [-0.25, -0.2) is 0 Å². The van der Waals surface area contributed by atoms with E-state index in [1.165, 1.54) is 0 Å². The number of methoxy groups -OCH3 is 2. The van der Waals surface area contributed by atoms with Crippen LogP contribution in [0, 0.1) is 11.3 Å². The first kappa shape index (κ1) is 12.1. The molecule has 0 aliphatic heterocycles. The summed E-state index contributed by atoms with van der Waals surface area (Å²) in [4.78, 5) is 11.4. The summed E-state index contributed by atoms with van der Waals surface area (Å²) < 4.78 is 10.2. The molecule has 0 radical (unpaired) electrons. The Hall–Kier alpha value is -2.02. The number of carbonyl (C=O) groups excluding carboxylic acids is 1. The molecule has 1 rings (SSSR count). The number of carbonyl (C=O) groups is 1. The van der Waals surface area contributed by atoms with E-state index in [-0.39, 0.29) is 18.6 Å². The van der Waals surface area contributed by atoms with E-state index in [4.69, 9.17) is 14.7 Å². The van der Waals surface area contributed by atoms with E-state index in [1.54, 1.807) is 32.4 Å². The molecule has 0 unspecified atom stereocenters. The molecule has 0 saturated carbocycles. The first-order chi connectivity index (χ1) is 7.71. The zero-order chi connectivity index (χ0) is 12.0. The van der Waals surface area contributed by atoms with E-state index in [2.05, 4.69) is 0 Å². The van der Waals surface area contributed by atoms with E-state index in [1.807, 2.05) is 6.07 Å². The summed E-state index contributed by atoms with van der Waals surface area (Å²) in [7, 11) is 3.10. The van der Waals surface area contributed by atoms with Crippen LogP contribution in [0.25, 0.3) is 0 Å². The number of ketones is 1. The summed E-state index contributed by atoms with van der Waals surface area (Å²) in [6.45, 7) is 0. The predicted octanol–water partition coefficient (Wildman–Crippen LogP) is 1.73. The Morgan fingerprint density at radius 1 is 1.38 bits per heavy atom. The Bertz CT molecular complexity index is 421. The third kappa shape index (κ3) is 2.99. The van der Waals surface area contributed by atoms with E-state index >= 15 is 0 Å². The maximum atomic E-state index is 11.4. The van der Waals surface area contributed by atoms with Gasteiger partial charge in [-0.15, -0.1) is 0 Å². The van der Waals surface area contributed by atoms with Gasteiger partial charge in [0, 0.05) is 12.0 Å². The van der Waals surface area contributed by atoms with Crippen molar-refractivity contribution in [2.75, 3.05) is 14.2 Å². The highest BCUT2D eigenvalue weighted by molar-refractivity contribution is 5.83. The Morgan fingerprint density at radius 3 is 2.69 bits per heavy atom. The Labute approximate surface area is 94.4 Å². The summed E-state index contributed by atoms with van der Waals surface area (Å²) in [5, 5.41) is 8.42. The lowest BCUT2D eigenvalue weighted by atomic mass is 10.1. The van der Waals surface area contributed by atoms with Crippen LogP contribution < -0.4 is 9.47 Å². The molecule has 16 heavy (non-hydrogen) atoms. The SMILES string of the molecule is COc1ccc(OC)c(CC(=O)CC#N)c1. The van der Waals surface area contributed by atoms with Crippen molar-refractivity contribution in [1.82, 2.24) is 0 Å². The van der Waals surface area contributed by atoms with Crippen molar-refractivity contribution in [2.45, 2.75) is 12.8 Å². The second-order valence-corrected chi connectivity index (χ2v) is 3.23. The first-order valence-electron chi connectivity index (χ1n) is 4.80. The average molecular weight is 219 g/mol. The maximum Gasteiger partial charge on any atom is 0.151 e. The van der Waals surface area contributed by atoms with Gasteiger partial charge in [0.2, 0.25) is 0 Å². The van der Waals surface area contributed by atoms with E-state index in [0.717, 1.165) is 5.56 Å². The molecule has 4 nitrogen and oxygen atoms in total. The van der Waals surface area contributed by atoms with Crippen molar-refractivity contribution < 1.29 is 14.3 Å². The minimum atomic E-state index is -0.131. The molecule has 4 heteroatoms. The minimum Gasteiger partial charge on any atom is -0.497 e. The monoisotopic (exact) mass is 219 g/mol. The molecule has 84 valence electrons. The molecule has 0 saturated heterocycles. The summed E-state index contributed by atoms with van der Waals surface area (Å²) in [5.74, 6) is 1.17. The smallest absolute Gasteiger partial charge is 0.151 e. The molecule has 0 fully saturated rings. The molecule has 0 atom stereocenters. The number of Topliss-reactive ketones (excluding diaryl/α,β-unsaturated/α-hetero) is 1. The molecule has 1 aromatic rings. The van der Waals surface area contributed by atoms with Gasteiger partial charge in [-0.05, 0) is 18.2 Å². The quantitative estimate of drug-likeness (QED) is 0.756. The topological polar surface area (TPSA) is 59.3 Å². The largest absolute Gasteiger partial charge is 0.497 e. The number of hydrogen-bond acceptors (Lipinski definition) is 4. The standard InChI is InChI=1S/C12H13NO3/c1-15-11-3-4-12(16-2)9(8-11)7-10(14)5-6-13/h3-4,8H,5,7H2,1-2H3. The third-order valence-electron chi connectivity index (χ3n) is 2.15. The summed E-state index contributed by atoms with van der Waals surface area (Å²) in [6.07, 6.45) is 0.105. The van der Waals surface area contributed by atoms with Crippen LogP contribution in [0.15, 0.2) is 18.2 Å². The lowest BCUT2D eigenvalue weighted by Gasteiger charge is -2.09. The van der Waals surface area contributed by atoms with Crippen molar-refractivity contribution in [1.29, 1.82) is 5.26 Å². The molecule has 0 N–H and O–H groups in total. The average Bonchev–Trinajstić information content (AvgIpc) is 2.29. The van der Waals surface area contributed by atoms with Gasteiger partial charge in [-0.3, -0.25) is 4.79 Å². The zero-order valence-electron chi connectivity index (χ0n) is 9.32. The second kappa shape index (κ2) is 5.76. The number of ether oxygens (including phenoxy) is 2. The summed E-state index contributed by atoms with van der Waals surface area (Å²) >= 11 is 0. The van der Waals surface area contributed by atoms with Crippen molar-refractivity contribution in [3.63, 3.8) is 0 Å². The Kier molecular flexibility index (Phi) is 4.34. The van der Waals surface area contributed by atoms with Crippen LogP contribution in [-0.4, -0.2) is 20.0 Å². The Balaban J connectivity index is 2.92. The van der Waals surface area contributed by atoms with Gasteiger partial charge in [0.05, 0.1) is 26.7 Å². The number of benzene rings is 1. The predicted molar refractivity (Wildman–Crippen MR) is 58.5 cm³/mol. The van der Waals surface area contributed by atoms with Gasteiger partial charge in [-0.1, -0.05) is 0 Å².